The molecule has 0 fully saturated rings. The number of aliphatic hydroxyl groups is 1. The number of hydrogen-bond donors (Lipinski definition) is 2. The van der Waals surface area contributed by atoms with Crippen molar-refractivity contribution in [3.63, 3.8) is 0 Å². The Hall–Kier alpha value is -1.29. The summed E-state index contributed by atoms with van der Waals surface area (Å²) in [5.74, 6) is -0.935. The second-order valence-corrected chi connectivity index (χ2v) is 3.03. The van der Waals surface area contributed by atoms with Crippen molar-refractivity contribution in [2.75, 3.05) is 0 Å². The highest BCUT2D eigenvalue weighted by Gasteiger charge is 2.08. The molecule has 0 bridgehead atoms. The van der Waals surface area contributed by atoms with Crippen LogP contribution in [0.2, 0.25) is 0 Å². The zero-order valence-corrected chi connectivity index (χ0v) is 7.47. The smallest absolute Gasteiger partial charge is 0.352 e. The maximum atomic E-state index is 10.6. The summed E-state index contributed by atoms with van der Waals surface area (Å²) in [6, 6.07) is 3.23. The van der Waals surface area contributed by atoms with Crippen molar-refractivity contribution in [2.45, 2.75) is 26.0 Å². The van der Waals surface area contributed by atoms with Gasteiger partial charge in [-0.2, -0.15) is 0 Å². The lowest BCUT2D eigenvalue weighted by Gasteiger charge is -2.07. The first-order chi connectivity index (χ1) is 6.11. The van der Waals surface area contributed by atoms with Crippen LogP contribution in [-0.4, -0.2) is 26.9 Å². The maximum absolute atomic E-state index is 10.6. The van der Waals surface area contributed by atoms with Crippen molar-refractivity contribution in [2.24, 2.45) is 0 Å². The Bertz CT molecular complexity index is 291. The number of carboxylic acids is 1. The third-order valence-corrected chi connectivity index (χ3v) is 1.84. The molecule has 1 rings (SSSR count). The van der Waals surface area contributed by atoms with E-state index < -0.39 is 12.1 Å². The summed E-state index contributed by atoms with van der Waals surface area (Å²) in [7, 11) is 0. The Kier molecular flexibility index (Phi) is 3.08. The van der Waals surface area contributed by atoms with Gasteiger partial charge >= 0.3 is 5.97 Å². The zero-order valence-electron chi connectivity index (χ0n) is 7.47. The van der Waals surface area contributed by atoms with E-state index in [0.29, 0.717) is 13.0 Å². The van der Waals surface area contributed by atoms with Crippen LogP contribution in [0.3, 0.4) is 0 Å². The Balaban J connectivity index is 2.65. The lowest BCUT2D eigenvalue weighted by Crippen LogP contribution is -2.11. The number of aryl methyl sites for hydroxylation is 1. The number of rotatable bonds is 4. The van der Waals surface area contributed by atoms with Crippen LogP contribution in [0.25, 0.3) is 0 Å². The van der Waals surface area contributed by atoms with Crippen molar-refractivity contribution >= 4 is 5.97 Å². The van der Waals surface area contributed by atoms with Gasteiger partial charge in [0.1, 0.15) is 5.69 Å². The lowest BCUT2D eigenvalue weighted by molar-refractivity contribution is 0.0683. The molecule has 0 saturated heterocycles. The Morgan fingerprint density at radius 2 is 2.38 bits per heavy atom. The number of nitrogens with zero attached hydrogens (tertiary/aromatic N) is 1. The minimum absolute atomic E-state index is 0.264. The number of carboxylic acid groups (broad SMARTS) is 1. The van der Waals surface area contributed by atoms with Gasteiger partial charge in [0.15, 0.2) is 0 Å². The molecule has 4 heteroatoms. The molecule has 0 aliphatic heterocycles. The average Bonchev–Trinajstić information content (AvgIpc) is 2.47. The molecular formula is C9H13NO3. The molecule has 72 valence electrons. The highest BCUT2D eigenvalue weighted by molar-refractivity contribution is 5.85. The van der Waals surface area contributed by atoms with Crippen LogP contribution in [0.15, 0.2) is 18.3 Å². The lowest BCUT2D eigenvalue weighted by atomic mass is 10.3. The summed E-state index contributed by atoms with van der Waals surface area (Å²) in [6.45, 7) is 2.22. The molecule has 1 aromatic heterocycles. The van der Waals surface area contributed by atoms with E-state index in [-0.39, 0.29) is 5.69 Å². The van der Waals surface area contributed by atoms with Gasteiger partial charge in [0, 0.05) is 12.7 Å². The Morgan fingerprint density at radius 3 is 2.92 bits per heavy atom. The molecule has 0 aliphatic carbocycles. The largest absolute Gasteiger partial charge is 0.477 e. The minimum Gasteiger partial charge on any atom is -0.477 e. The van der Waals surface area contributed by atoms with E-state index in [2.05, 4.69) is 0 Å². The molecule has 2 N–H and O–H groups in total. The van der Waals surface area contributed by atoms with Gasteiger partial charge in [-0.25, -0.2) is 4.79 Å². The normalized spacial score (nSPS) is 12.8. The molecule has 1 heterocycles. The van der Waals surface area contributed by atoms with Gasteiger partial charge < -0.3 is 14.8 Å². The number of aliphatic hydroxyl groups excluding tert-OH is 1. The van der Waals surface area contributed by atoms with Crippen molar-refractivity contribution in [3.05, 3.63) is 24.0 Å². The van der Waals surface area contributed by atoms with Crippen LogP contribution in [0.5, 0.6) is 0 Å². The molecule has 0 spiro atoms. The van der Waals surface area contributed by atoms with E-state index in [0.717, 1.165) is 0 Å². The fourth-order valence-electron chi connectivity index (χ4n) is 1.13. The molecule has 0 aliphatic rings. The first-order valence-electron chi connectivity index (χ1n) is 4.17. The zero-order chi connectivity index (χ0) is 9.84. The standard InChI is InChI=1S/C9H13NO3/c1-7(11)4-6-10-5-2-3-8(10)9(12)13/h2-3,5,7,11H,4,6H2,1H3,(H,12,13). The maximum Gasteiger partial charge on any atom is 0.352 e. The first kappa shape index (κ1) is 9.80. The van der Waals surface area contributed by atoms with Gasteiger partial charge in [0.05, 0.1) is 6.10 Å². The van der Waals surface area contributed by atoms with E-state index in [4.69, 9.17) is 10.2 Å². The molecule has 1 atom stereocenters. The van der Waals surface area contributed by atoms with Crippen LogP contribution in [-0.2, 0) is 6.54 Å². The highest BCUT2D eigenvalue weighted by atomic mass is 16.4. The van der Waals surface area contributed by atoms with E-state index in [9.17, 15) is 4.79 Å². The number of aromatic carboxylic acids is 1. The van der Waals surface area contributed by atoms with Crippen molar-refractivity contribution < 1.29 is 15.0 Å². The number of hydrogen-bond acceptors (Lipinski definition) is 2. The van der Waals surface area contributed by atoms with Crippen molar-refractivity contribution in [3.8, 4) is 0 Å². The third-order valence-electron chi connectivity index (χ3n) is 1.84. The highest BCUT2D eigenvalue weighted by Crippen LogP contribution is 2.04. The van der Waals surface area contributed by atoms with E-state index in [1.54, 1.807) is 29.8 Å². The molecule has 0 saturated carbocycles. The van der Waals surface area contributed by atoms with Crippen LogP contribution < -0.4 is 0 Å². The molecule has 1 unspecified atom stereocenters. The van der Waals surface area contributed by atoms with Crippen LogP contribution in [0.4, 0.5) is 0 Å². The van der Waals surface area contributed by atoms with E-state index in [1.807, 2.05) is 0 Å². The predicted octanol–water partition coefficient (Wildman–Crippen LogP) is 0.957. The predicted molar refractivity (Wildman–Crippen MR) is 47.7 cm³/mol. The third kappa shape index (κ3) is 2.59. The summed E-state index contributed by atoms with van der Waals surface area (Å²) in [6.07, 6.45) is 1.87. The Morgan fingerprint density at radius 1 is 1.69 bits per heavy atom. The Labute approximate surface area is 76.4 Å². The van der Waals surface area contributed by atoms with Gasteiger partial charge in [0.2, 0.25) is 0 Å². The summed E-state index contributed by atoms with van der Waals surface area (Å²) >= 11 is 0. The van der Waals surface area contributed by atoms with Crippen LogP contribution >= 0.6 is 0 Å². The van der Waals surface area contributed by atoms with Gasteiger partial charge in [-0.3, -0.25) is 0 Å². The summed E-state index contributed by atoms with van der Waals surface area (Å²) in [4.78, 5) is 10.6. The van der Waals surface area contributed by atoms with Gasteiger partial charge in [-0.15, -0.1) is 0 Å². The quantitative estimate of drug-likeness (QED) is 0.730. The fourth-order valence-corrected chi connectivity index (χ4v) is 1.13. The van der Waals surface area contributed by atoms with Gasteiger partial charge in [-0.1, -0.05) is 0 Å². The van der Waals surface area contributed by atoms with Crippen LogP contribution in [0.1, 0.15) is 23.8 Å². The summed E-state index contributed by atoms with van der Waals surface area (Å²) in [5, 5.41) is 17.8. The van der Waals surface area contributed by atoms with E-state index in [1.165, 1.54) is 0 Å². The van der Waals surface area contributed by atoms with Gasteiger partial charge in [-0.05, 0) is 25.5 Å². The molecular weight excluding hydrogens is 170 g/mol. The SMILES string of the molecule is CC(O)CCn1cccc1C(=O)O. The minimum atomic E-state index is -0.935. The summed E-state index contributed by atoms with van der Waals surface area (Å²) in [5.41, 5.74) is 0.264. The molecule has 0 amide bonds. The summed E-state index contributed by atoms with van der Waals surface area (Å²) < 4.78 is 1.62. The molecule has 1 aromatic rings. The fraction of sp³-hybridized carbons (Fsp3) is 0.444. The van der Waals surface area contributed by atoms with Gasteiger partial charge in [0.25, 0.3) is 0 Å². The van der Waals surface area contributed by atoms with Crippen molar-refractivity contribution in [1.29, 1.82) is 0 Å². The second-order valence-electron chi connectivity index (χ2n) is 3.03. The number of aromatic nitrogens is 1. The van der Waals surface area contributed by atoms with E-state index >= 15 is 0 Å². The monoisotopic (exact) mass is 183 g/mol. The topological polar surface area (TPSA) is 62.5 Å². The average molecular weight is 183 g/mol. The molecule has 0 radical (unpaired) electrons. The molecule has 0 aromatic carbocycles. The molecule has 4 nitrogen and oxygen atoms in total. The first-order valence-corrected chi connectivity index (χ1v) is 4.17. The van der Waals surface area contributed by atoms with Crippen molar-refractivity contribution in [1.82, 2.24) is 4.57 Å². The molecule has 13 heavy (non-hydrogen) atoms. The number of carbonyl (C=O) groups is 1. The van der Waals surface area contributed by atoms with Crippen LogP contribution in [0, 0.1) is 0 Å². The second kappa shape index (κ2) is 4.09.